The highest BCUT2D eigenvalue weighted by Crippen LogP contribution is 2.25. The fourth-order valence-corrected chi connectivity index (χ4v) is 4.13. The minimum atomic E-state index is -4.13. The first-order chi connectivity index (χ1) is 13.7. The summed E-state index contributed by atoms with van der Waals surface area (Å²) in [5.41, 5.74) is 0.617. The van der Waals surface area contributed by atoms with Crippen molar-refractivity contribution < 1.29 is 21.9 Å². The topological polar surface area (TPSA) is 86.1 Å². The Bertz CT molecular complexity index is 1110. The summed E-state index contributed by atoms with van der Waals surface area (Å²) in [6, 6.07) is 8.55. The molecular weight excluding hydrogens is 402 g/mol. The van der Waals surface area contributed by atoms with Gasteiger partial charge in [0.05, 0.1) is 6.04 Å². The fourth-order valence-electron chi connectivity index (χ4n) is 2.77. The third-order valence-corrected chi connectivity index (χ3v) is 5.74. The fraction of sp³-hybridized carbons (Fsp3) is 0.263. The Morgan fingerprint density at radius 3 is 2.48 bits per heavy atom. The molecule has 0 aliphatic heterocycles. The zero-order chi connectivity index (χ0) is 21.2. The number of aromatic nitrogens is 3. The van der Waals surface area contributed by atoms with E-state index in [-0.39, 0.29) is 6.01 Å². The van der Waals surface area contributed by atoms with Crippen LogP contribution in [0, 0.1) is 18.6 Å². The van der Waals surface area contributed by atoms with E-state index >= 15 is 0 Å². The molecule has 29 heavy (non-hydrogen) atoms. The van der Waals surface area contributed by atoms with Crippen molar-refractivity contribution >= 4 is 10.0 Å². The van der Waals surface area contributed by atoms with Crippen LogP contribution in [0.25, 0.3) is 0 Å². The molecule has 0 saturated heterocycles. The van der Waals surface area contributed by atoms with Gasteiger partial charge in [-0.1, -0.05) is 11.2 Å². The van der Waals surface area contributed by atoms with Gasteiger partial charge in [-0.15, -0.1) is 5.10 Å². The van der Waals surface area contributed by atoms with Crippen LogP contribution in [0.1, 0.15) is 31.3 Å². The molecule has 0 unspecified atom stereocenters. The molecule has 154 valence electrons. The number of halogens is 2. The Kier molecular flexibility index (Phi) is 5.94. The summed E-state index contributed by atoms with van der Waals surface area (Å²) in [6.45, 7) is 5.45. The van der Waals surface area contributed by atoms with Crippen LogP contribution in [0.2, 0.25) is 0 Å². The van der Waals surface area contributed by atoms with Gasteiger partial charge in [-0.2, -0.15) is 0 Å². The molecule has 10 heteroatoms. The highest BCUT2D eigenvalue weighted by Gasteiger charge is 2.26. The van der Waals surface area contributed by atoms with Gasteiger partial charge in [0.25, 0.3) is 0 Å². The van der Waals surface area contributed by atoms with Crippen LogP contribution in [0.15, 0.2) is 47.4 Å². The van der Waals surface area contributed by atoms with Gasteiger partial charge in [0.2, 0.25) is 10.0 Å². The number of nitrogens with zero attached hydrogens (tertiary/aromatic N) is 3. The third kappa shape index (κ3) is 4.60. The lowest BCUT2D eigenvalue weighted by atomic mass is 10.2. The third-order valence-electron chi connectivity index (χ3n) is 4.18. The lowest BCUT2D eigenvalue weighted by Gasteiger charge is -2.16. The summed E-state index contributed by atoms with van der Waals surface area (Å²) < 4.78 is 62.0. The Labute approximate surface area is 167 Å². The standard InChI is InChI=1S/C19H20F2N4O3S/c1-4-25-18(22-23-19(25)28-15-8-6-14(20)7-9-15)13(3)24-29(26,27)17-11-12(2)5-10-16(17)21/h5-11,13,24H,4H2,1-3H3/t13-/m1/s1. The maximum Gasteiger partial charge on any atom is 0.322 e. The van der Waals surface area contributed by atoms with E-state index in [0.29, 0.717) is 23.7 Å². The summed E-state index contributed by atoms with van der Waals surface area (Å²) >= 11 is 0. The summed E-state index contributed by atoms with van der Waals surface area (Å²) in [6.07, 6.45) is 0. The van der Waals surface area contributed by atoms with Crippen molar-refractivity contribution in [3.8, 4) is 11.8 Å². The van der Waals surface area contributed by atoms with E-state index in [4.69, 9.17) is 4.74 Å². The summed E-state index contributed by atoms with van der Waals surface area (Å²) in [5.74, 6) is -0.592. The van der Waals surface area contributed by atoms with Crippen molar-refractivity contribution in [2.45, 2.75) is 38.3 Å². The second-order valence-corrected chi connectivity index (χ2v) is 8.10. The number of sulfonamides is 1. The molecule has 0 amide bonds. The van der Waals surface area contributed by atoms with Crippen LogP contribution in [-0.2, 0) is 16.6 Å². The highest BCUT2D eigenvalue weighted by molar-refractivity contribution is 7.89. The molecular formula is C19H20F2N4O3S. The molecule has 0 bridgehead atoms. The van der Waals surface area contributed by atoms with E-state index in [0.717, 1.165) is 6.07 Å². The SMILES string of the molecule is CCn1c(Oc2ccc(F)cc2)nnc1[C@@H](C)NS(=O)(=O)c1cc(C)ccc1F. The first kappa shape index (κ1) is 20.9. The minimum Gasteiger partial charge on any atom is -0.424 e. The smallest absolute Gasteiger partial charge is 0.322 e. The molecule has 0 aliphatic carbocycles. The number of aryl methyl sites for hydroxylation is 1. The van der Waals surface area contributed by atoms with Gasteiger partial charge in [-0.3, -0.25) is 4.57 Å². The number of benzene rings is 2. The number of hydrogen-bond acceptors (Lipinski definition) is 5. The first-order valence-electron chi connectivity index (χ1n) is 8.86. The van der Waals surface area contributed by atoms with Crippen molar-refractivity contribution in [3.63, 3.8) is 0 Å². The zero-order valence-corrected chi connectivity index (χ0v) is 16.9. The Balaban J connectivity index is 1.85. The minimum absolute atomic E-state index is 0.127. The van der Waals surface area contributed by atoms with Crippen molar-refractivity contribution in [1.82, 2.24) is 19.5 Å². The van der Waals surface area contributed by atoms with Crippen LogP contribution < -0.4 is 9.46 Å². The Morgan fingerprint density at radius 2 is 1.83 bits per heavy atom. The van der Waals surface area contributed by atoms with Gasteiger partial charge in [0.1, 0.15) is 22.3 Å². The van der Waals surface area contributed by atoms with Crippen LogP contribution in [0.5, 0.6) is 11.8 Å². The molecule has 3 rings (SSSR count). The number of hydrogen-bond donors (Lipinski definition) is 1. The molecule has 1 N–H and O–H groups in total. The second-order valence-electron chi connectivity index (χ2n) is 6.42. The molecule has 3 aromatic rings. The average molecular weight is 422 g/mol. The number of ether oxygens (including phenoxy) is 1. The van der Waals surface area contributed by atoms with Crippen LogP contribution >= 0.6 is 0 Å². The predicted octanol–water partition coefficient (Wildman–Crippen LogP) is 3.72. The van der Waals surface area contributed by atoms with Crippen molar-refractivity contribution in [2.75, 3.05) is 0 Å². The van der Waals surface area contributed by atoms with Gasteiger partial charge in [-0.25, -0.2) is 21.9 Å². The summed E-state index contributed by atoms with van der Waals surface area (Å²) in [5, 5.41) is 7.96. The quantitative estimate of drug-likeness (QED) is 0.627. The predicted molar refractivity (Wildman–Crippen MR) is 102 cm³/mol. The van der Waals surface area contributed by atoms with Crippen LogP contribution in [0.4, 0.5) is 8.78 Å². The molecule has 0 saturated carbocycles. The van der Waals surface area contributed by atoms with E-state index in [2.05, 4.69) is 14.9 Å². The Morgan fingerprint density at radius 1 is 1.14 bits per heavy atom. The van der Waals surface area contributed by atoms with Crippen molar-refractivity contribution in [1.29, 1.82) is 0 Å². The van der Waals surface area contributed by atoms with E-state index < -0.39 is 32.6 Å². The molecule has 0 fully saturated rings. The number of rotatable bonds is 7. The van der Waals surface area contributed by atoms with E-state index in [1.807, 2.05) is 6.92 Å². The zero-order valence-electron chi connectivity index (χ0n) is 16.1. The maximum absolute atomic E-state index is 14.0. The van der Waals surface area contributed by atoms with Crippen LogP contribution in [-0.4, -0.2) is 23.2 Å². The molecule has 1 heterocycles. The van der Waals surface area contributed by atoms with E-state index in [1.54, 1.807) is 18.4 Å². The van der Waals surface area contributed by atoms with Gasteiger partial charge in [-0.05, 0) is 62.7 Å². The number of nitrogens with one attached hydrogen (secondary N) is 1. The summed E-state index contributed by atoms with van der Waals surface area (Å²) in [4.78, 5) is -0.435. The normalized spacial score (nSPS) is 12.7. The highest BCUT2D eigenvalue weighted by atomic mass is 32.2. The molecule has 0 aliphatic rings. The average Bonchev–Trinajstić information content (AvgIpc) is 3.08. The van der Waals surface area contributed by atoms with E-state index in [1.165, 1.54) is 36.4 Å². The van der Waals surface area contributed by atoms with Gasteiger partial charge in [0, 0.05) is 6.54 Å². The largest absolute Gasteiger partial charge is 0.424 e. The monoisotopic (exact) mass is 422 g/mol. The van der Waals surface area contributed by atoms with Gasteiger partial charge >= 0.3 is 6.01 Å². The Hall–Kier alpha value is -2.85. The second kappa shape index (κ2) is 8.26. The maximum atomic E-state index is 14.0. The lowest BCUT2D eigenvalue weighted by Crippen LogP contribution is -2.29. The molecule has 1 atom stereocenters. The van der Waals surface area contributed by atoms with E-state index in [9.17, 15) is 17.2 Å². The van der Waals surface area contributed by atoms with Gasteiger partial charge < -0.3 is 4.74 Å². The molecule has 1 aromatic heterocycles. The first-order valence-corrected chi connectivity index (χ1v) is 10.3. The summed E-state index contributed by atoms with van der Waals surface area (Å²) in [7, 11) is -4.13. The van der Waals surface area contributed by atoms with Crippen molar-refractivity contribution in [3.05, 3.63) is 65.5 Å². The molecule has 7 nitrogen and oxygen atoms in total. The van der Waals surface area contributed by atoms with Crippen LogP contribution in [0.3, 0.4) is 0 Å². The molecule has 0 spiro atoms. The van der Waals surface area contributed by atoms with Crippen molar-refractivity contribution in [2.24, 2.45) is 0 Å². The molecule has 0 radical (unpaired) electrons. The molecule has 2 aromatic carbocycles. The van der Waals surface area contributed by atoms with Gasteiger partial charge in [0.15, 0.2) is 5.82 Å². The lowest BCUT2D eigenvalue weighted by molar-refractivity contribution is 0.407.